The molecule has 0 aromatic heterocycles. The van der Waals surface area contributed by atoms with E-state index >= 15 is 0 Å². The lowest BCUT2D eigenvalue weighted by molar-refractivity contribution is -0.155. The fraction of sp³-hybridized carbons (Fsp3) is 0.286. The molecule has 2 saturated heterocycles. The average molecular weight is 442 g/mol. The summed E-state index contributed by atoms with van der Waals surface area (Å²) in [5.41, 5.74) is 1.58. The highest BCUT2D eigenvalue weighted by Gasteiger charge is 2.61. The van der Waals surface area contributed by atoms with Crippen LogP contribution in [0.1, 0.15) is 18.9 Å². The van der Waals surface area contributed by atoms with Gasteiger partial charge in [-0.05, 0) is 29.3 Å². The molecule has 3 nitrogen and oxygen atoms in total. The normalized spacial score (nSPS) is 27.0. The summed E-state index contributed by atoms with van der Waals surface area (Å²) in [5, 5.41) is 4.91. The van der Waals surface area contributed by atoms with Gasteiger partial charge in [-0.1, -0.05) is 97.1 Å². The molecule has 3 aromatic rings. The fourth-order valence-corrected chi connectivity index (χ4v) is 10.7. The summed E-state index contributed by atoms with van der Waals surface area (Å²) >= 11 is 0. The first-order valence-electron chi connectivity index (χ1n) is 11.6. The minimum Gasteiger partial charge on any atom is -0.404 e. The van der Waals surface area contributed by atoms with Gasteiger partial charge in [-0.2, -0.15) is 5.06 Å². The smallest absolute Gasteiger partial charge is 0.263 e. The van der Waals surface area contributed by atoms with E-state index in [9.17, 15) is 0 Å². The Labute approximate surface area is 192 Å². The quantitative estimate of drug-likeness (QED) is 0.414. The van der Waals surface area contributed by atoms with Crippen LogP contribution in [0.4, 0.5) is 0 Å². The van der Waals surface area contributed by atoms with Gasteiger partial charge in [-0.15, -0.1) is 6.58 Å². The number of benzene rings is 3. The summed E-state index contributed by atoms with van der Waals surface area (Å²) in [6.45, 7) is 7.79. The van der Waals surface area contributed by atoms with E-state index < -0.39 is 8.32 Å². The molecule has 0 N–H and O–H groups in total. The molecule has 0 amide bonds. The molecule has 5 rings (SSSR count). The SMILES string of the molecule is C=CC[C@H]1[C@H]2[C@H](CON2Cc2ccccc2)[Si](c2ccccc2)(c2ccccc2)O[C@@H]1C. The number of allylic oxidation sites excluding steroid dienone is 1. The predicted molar refractivity (Wildman–Crippen MR) is 132 cm³/mol. The highest BCUT2D eigenvalue weighted by atomic mass is 28.4. The molecule has 3 aromatic carbocycles. The summed E-state index contributed by atoms with van der Waals surface area (Å²) in [6.07, 6.45) is 3.08. The molecule has 0 aliphatic carbocycles. The van der Waals surface area contributed by atoms with Crippen LogP contribution < -0.4 is 10.4 Å². The Morgan fingerprint density at radius 2 is 1.47 bits per heavy atom. The minimum absolute atomic E-state index is 0.112. The van der Waals surface area contributed by atoms with E-state index in [2.05, 4.69) is 110 Å². The summed E-state index contributed by atoms with van der Waals surface area (Å²) in [7, 11) is -2.56. The zero-order chi connectivity index (χ0) is 22.0. The van der Waals surface area contributed by atoms with Gasteiger partial charge in [-0.25, -0.2) is 0 Å². The molecule has 2 aliphatic rings. The standard InChI is InChI=1S/C28H31NO2Si/c1-3-13-26-22(2)31-32(24-16-9-5-10-17-24,25-18-11-6-12-19-25)27-21-30-29(28(26)27)20-23-14-7-4-8-15-23/h3-12,14-19,22,26-28H,1,13,20-21H2,2H3/t22-,26-,27+,28+/m1/s1. The van der Waals surface area contributed by atoms with Gasteiger partial charge < -0.3 is 4.43 Å². The van der Waals surface area contributed by atoms with Gasteiger partial charge in [0.15, 0.2) is 0 Å². The van der Waals surface area contributed by atoms with Gasteiger partial charge in [0.05, 0.1) is 6.61 Å². The number of rotatable bonds is 6. The second kappa shape index (κ2) is 9.16. The van der Waals surface area contributed by atoms with Crippen molar-refractivity contribution in [3.63, 3.8) is 0 Å². The van der Waals surface area contributed by atoms with Crippen molar-refractivity contribution in [3.05, 3.63) is 109 Å². The van der Waals surface area contributed by atoms with E-state index in [1.165, 1.54) is 15.9 Å². The zero-order valence-corrected chi connectivity index (χ0v) is 19.6. The fourth-order valence-electron chi connectivity index (χ4n) is 5.72. The molecule has 2 heterocycles. The Hall–Kier alpha value is -2.50. The van der Waals surface area contributed by atoms with E-state index in [4.69, 9.17) is 9.26 Å². The van der Waals surface area contributed by atoms with Crippen LogP contribution in [0.5, 0.6) is 0 Å². The van der Waals surface area contributed by atoms with Crippen LogP contribution in [0, 0.1) is 5.92 Å². The Morgan fingerprint density at radius 3 is 2.03 bits per heavy atom. The van der Waals surface area contributed by atoms with Crippen molar-refractivity contribution in [1.29, 1.82) is 0 Å². The number of hydrogen-bond acceptors (Lipinski definition) is 3. The largest absolute Gasteiger partial charge is 0.404 e. The first-order valence-corrected chi connectivity index (χ1v) is 13.6. The number of hydrogen-bond donors (Lipinski definition) is 0. The molecule has 0 spiro atoms. The van der Waals surface area contributed by atoms with Crippen molar-refractivity contribution in [2.24, 2.45) is 5.92 Å². The lowest BCUT2D eigenvalue weighted by Gasteiger charge is -2.50. The Morgan fingerprint density at radius 1 is 0.906 bits per heavy atom. The van der Waals surface area contributed by atoms with Gasteiger partial charge in [0.2, 0.25) is 0 Å². The van der Waals surface area contributed by atoms with Gasteiger partial charge >= 0.3 is 0 Å². The minimum atomic E-state index is -2.56. The third-order valence-electron chi connectivity index (χ3n) is 7.13. The molecule has 0 radical (unpaired) electrons. The van der Waals surface area contributed by atoms with Crippen LogP contribution in [-0.4, -0.2) is 32.1 Å². The average Bonchev–Trinajstić information content (AvgIpc) is 3.26. The first-order chi connectivity index (χ1) is 15.7. The summed E-state index contributed by atoms with van der Waals surface area (Å²) in [6, 6.07) is 32.7. The summed E-state index contributed by atoms with van der Waals surface area (Å²) in [5.74, 6) is 0.344. The maximum Gasteiger partial charge on any atom is 0.263 e. The summed E-state index contributed by atoms with van der Waals surface area (Å²) < 4.78 is 7.21. The third kappa shape index (κ3) is 3.67. The van der Waals surface area contributed by atoms with E-state index in [-0.39, 0.29) is 12.1 Å². The van der Waals surface area contributed by atoms with Crippen LogP contribution >= 0.6 is 0 Å². The molecule has 2 aliphatic heterocycles. The molecule has 0 saturated carbocycles. The molecule has 4 atom stereocenters. The lowest BCUT2D eigenvalue weighted by Crippen LogP contribution is -2.72. The first kappa shape index (κ1) is 21.3. The Bertz CT molecular complexity index is 988. The molecule has 4 heteroatoms. The number of hydroxylamine groups is 2. The second-order valence-electron chi connectivity index (χ2n) is 8.93. The number of fused-ring (bicyclic) bond motifs is 1. The van der Waals surface area contributed by atoms with E-state index in [1.807, 2.05) is 6.08 Å². The number of nitrogens with zero attached hydrogens (tertiary/aromatic N) is 1. The Balaban J connectivity index is 1.62. The maximum atomic E-state index is 7.21. The van der Waals surface area contributed by atoms with Gasteiger partial charge in [0.1, 0.15) is 0 Å². The summed E-state index contributed by atoms with van der Waals surface area (Å²) in [4.78, 5) is 6.48. The van der Waals surface area contributed by atoms with Crippen LogP contribution in [0.3, 0.4) is 0 Å². The molecular weight excluding hydrogens is 410 g/mol. The third-order valence-corrected chi connectivity index (χ3v) is 11.8. The van der Waals surface area contributed by atoms with Crippen molar-refractivity contribution >= 4 is 18.7 Å². The van der Waals surface area contributed by atoms with Crippen molar-refractivity contribution in [3.8, 4) is 0 Å². The highest BCUT2D eigenvalue weighted by Crippen LogP contribution is 2.47. The van der Waals surface area contributed by atoms with Crippen molar-refractivity contribution in [2.75, 3.05) is 6.61 Å². The zero-order valence-electron chi connectivity index (χ0n) is 18.6. The van der Waals surface area contributed by atoms with Crippen LogP contribution in [0.15, 0.2) is 104 Å². The van der Waals surface area contributed by atoms with Gasteiger partial charge in [0, 0.05) is 30.1 Å². The molecule has 32 heavy (non-hydrogen) atoms. The maximum absolute atomic E-state index is 7.21. The van der Waals surface area contributed by atoms with Crippen molar-refractivity contribution in [2.45, 2.75) is 37.6 Å². The van der Waals surface area contributed by atoms with Gasteiger partial charge in [-0.3, -0.25) is 4.84 Å². The molecule has 164 valence electrons. The van der Waals surface area contributed by atoms with E-state index in [0.717, 1.165) is 13.0 Å². The van der Waals surface area contributed by atoms with Crippen molar-refractivity contribution in [1.82, 2.24) is 5.06 Å². The van der Waals surface area contributed by atoms with Crippen LogP contribution in [0.25, 0.3) is 0 Å². The lowest BCUT2D eigenvalue weighted by atomic mass is 9.88. The predicted octanol–water partition coefficient (Wildman–Crippen LogP) is 4.54. The highest BCUT2D eigenvalue weighted by molar-refractivity contribution is 6.99. The molecular formula is C28H31NO2Si. The molecule has 0 unspecified atom stereocenters. The monoisotopic (exact) mass is 441 g/mol. The molecule has 2 fully saturated rings. The van der Waals surface area contributed by atoms with Crippen LogP contribution in [-0.2, 0) is 15.8 Å². The van der Waals surface area contributed by atoms with E-state index in [1.54, 1.807) is 0 Å². The topological polar surface area (TPSA) is 21.7 Å². The van der Waals surface area contributed by atoms with E-state index in [0.29, 0.717) is 18.1 Å². The van der Waals surface area contributed by atoms with Crippen molar-refractivity contribution < 1.29 is 9.26 Å². The van der Waals surface area contributed by atoms with Gasteiger partial charge in [0.25, 0.3) is 8.32 Å². The molecule has 0 bridgehead atoms. The second-order valence-corrected chi connectivity index (χ2v) is 12.5. The Kier molecular flexibility index (Phi) is 6.11. The van der Waals surface area contributed by atoms with Crippen LogP contribution in [0.2, 0.25) is 5.54 Å².